The van der Waals surface area contributed by atoms with Crippen molar-refractivity contribution in [2.45, 2.75) is 6.42 Å². The number of primary amides is 1. The minimum atomic E-state index is -0.644. The molecule has 3 N–H and O–H groups in total. The summed E-state index contributed by atoms with van der Waals surface area (Å²) in [6, 6.07) is 14.3. The van der Waals surface area contributed by atoms with Crippen molar-refractivity contribution in [1.82, 2.24) is 4.98 Å². The summed E-state index contributed by atoms with van der Waals surface area (Å²) in [5.74, 6) is -0.710. The number of aliphatic hydroxyl groups excluding tert-OH is 1. The average molecular weight is 387 g/mol. The van der Waals surface area contributed by atoms with Crippen molar-refractivity contribution in [1.29, 1.82) is 0 Å². The van der Waals surface area contributed by atoms with Crippen LogP contribution in [0.15, 0.2) is 54.6 Å². The molecule has 0 aliphatic rings. The van der Waals surface area contributed by atoms with Crippen LogP contribution < -0.4 is 10.5 Å². The zero-order chi connectivity index (χ0) is 19.4. The molecular weight excluding hydrogens is 371 g/mol. The fourth-order valence-electron chi connectivity index (χ4n) is 2.51. The SMILES string of the molecule is NC(=O)c1cc(CCO)cc(-c2ccc(Oc3ccc(Cl)cc3F)cc2)n1. The first-order valence-electron chi connectivity index (χ1n) is 8.11. The van der Waals surface area contributed by atoms with E-state index in [1.807, 2.05) is 0 Å². The van der Waals surface area contributed by atoms with Crippen molar-refractivity contribution in [2.75, 3.05) is 6.61 Å². The number of ether oxygens (including phenoxy) is 1. The molecule has 1 aromatic heterocycles. The predicted molar refractivity (Wildman–Crippen MR) is 100 cm³/mol. The standard InChI is InChI=1S/C20H16ClFN2O3/c21-14-3-6-19(16(22)11-14)27-15-4-1-13(2-5-15)17-9-12(7-8-25)10-18(24-17)20(23)26/h1-6,9-11,25H,7-8H2,(H2,23,26). The van der Waals surface area contributed by atoms with Crippen LogP contribution in [0.25, 0.3) is 11.3 Å². The molecule has 3 aromatic rings. The van der Waals surface area contributed by atoms with Crippen LogP contribution in [0.4, 0.5) is 4.39 Å². The molecule has 2 aromatic carbocycles. The summed E-state index contributed by atoms with van der Waals surface area (Å²) in [6.07, 6.45) is 0.382. The number of amides is 1. The topological polar surface area (TPSA) is 85.4 Å². The van der Waals surface area contributed by atoms with Gasteiger partial charge in [0, 0.05) is 17.2 Å². The van der Waals surface area contributed by atoms with E-state index in [-0.39, 0.29) is 23.1 Å². The maximum atomic E-state index is 13.8. The molecule has 0 radical (unpaired) electrons. The van der Waals surface area contributed by atoms with Gasteiger partial charge in [0.1, 0.15) is 11.4 Å². The minimum absolute atomic E-state index is 0.0545. The van der Waals surface area contributed by atoms with Gasteiger partial charge in [-0.3, -0.25) is 4.79 Å². The number of carbonyl (C=O) groups excluding carboxylic acids is 1. The molecule has 1 amide bonds. The molecule has 5 nitrogen and oxygen atoms in total. The maximum Gasteiger partial charge on any atom is 0.267 e. The van der Waals surface area contributed by atoms with Gasteiger partial charge in [0.2, 0.25) is 0 Å². The first-order chi connectivity index (χ1) is 13.0. The lowest BCUT2D eigenvalue weighted by Gasteiger charge is -2.09. The van der Waals surface area contributed by atoms with Crippen molar-refractivity contribution in [3.63, 3.8) is 0 Å². The Morgan fingerprint density at radius 1 is 1.15 bits per heavy atom. The molecule has 0 spiro atoms. The Morgan fingerprint density at radius 2 is 1.89 bits per heavy atom. The maximum absolute atomic E-state index is 13.8. The van der Waals surface area contributed by atoms with Crippen molar-refractivity contribution in [2.24, 2.45) is 5.73 Å². The van der Waals surface area contributed by atoms with Gasteiger partial charge in [-0.25, -0.2) is 9.37 Å². The Hall–Kier alpha value is -2.96. The number of aliphatic hydroxyl groups is 1. The quantitative estimate of drug-likeness (QED) is 0.671. The minimum Gasteiger partial charge on any atom is -0.454 e. The number of hydrogen-bond acceptors (Lipinski definition) is 4. The molecule has 0 aliphatic carbocycles. The molecular formula is C20H16ClFN2O3. The second kappa shape index (κ2) is 8.16. The predicted octanol–water partition coefficient (Wildman–Crippen LogP) is 3.97. The van der Waals surface area contributed by atoms with Gasteiger partial charge in [-0.1, -0.05) is 11.6 Å². The van der Waals surface area contributed by atoms with E-state index in [1.165, 1.54) is 18.2 Å². The highest BCUT2D eigenvalue weighted by molar-refractivity contribution is 6.30. The first-order valence-corrected chi connectivity index (χ1v) is 8.49. The summed E-state index contributed by atoms with van der Waals surface area (Å²) >= 11 is 5.73. The molecule has 0 unspecified atom stereocenters. The number of carbonyl (C=O) groups is 1. The molecule has 138 valence electrons. The Labute approximate surface area is 160 Å². The normalized spacial score (nSPS) is 10.6. The highest BCUT2D eigenvalue weighted by Gasteiger charge is 2.10. The van der Waals surface area contributed by atoms with Crippen molar-refractivity contribution >= 4 is 17.5 Å². The van der Waals surface area contributed by atoms with Gasteiger partial charge >= 0.3 is 0 Å². The molecule has 0 saturated heterocycles. The molecule has 0 saturated carbocycles. The van der Waals surface area contributed by atoms with E-state index in [0.29, 0.717) is 17.9 Å². The molecule has 0 aliphatic heterocycles. The van der Waals surface area contributed by atoms with E-state index >= 15 is 0 Å². The lowest BCUT2D eigenvalue weighted by molar-refractivity contribution is 0.0995. The third-order valence-electron chi connectivity index (χ3n) is 3.81. The van der Waals surface area contributed by atoms with Gasteiger partial charge < -0.3 is 15.6 Å². The number of aromatic nitrogens is 1. The van der Waals surface area contributed by atoms with Crippen LogP contribution in [0.3, 0.4) is 0 Å². The van der Waals surface area contributed by atoms with Gasteiger partial charge in [-0.05, 0) is 66.6 Å². The van der Waals surface area contributed by atoms with Crippen LogP contribution in [-0.2, 0) is 6.42 Å². The largest absolute Gasteiger partial charge is 0.454 e. The van der Waals surface area contributed by atoms with Gasteiger partial charge in [-0.2, -0.15) is 0 Å². The summed E-state index contributed by atoms with van der Waals surface area (Å²) in [7, 11) is 0. The summed E-state index contributed by atoms with van der Waals surface area (Å²) in [5.41, 5.74) is 7.47. The Bertz CT molecular complexity index is 977. The second-order valence-corrected chi connectivity index (χ2v) is 6.22. The monoisotopic (exact) mass is 386 g/mol. The first kappa shape index (κ1) is 18.8. The molecule has 0 fully saturated rings. The summed E-state index contributed by atoms with van der Waals surface area (Å²) < 4.78 is 19.4. The van der Waals surface area contributed by atoms with Crippen LogP contribution in [0.5, 0.6) is 11.5 Å². The number of rotatable bonds is 6. The lowest BCUT2D eigenvalue weighted by atomic mass is 10.1. The van der Waals surface area contributed by atoms with Gasteiger partial charge in [0.15, 0.2) is 11.6 Å². The fourth-order valence-corrected chi connectivity index (χ4v) is 2.67. The highest BCUT2D eigenvalue weighted by atomic mass is 35.5. The van der Waals surface area contributed by atoms with Crippen LogP contribution in [0.1, 0.15) is 16.1 Å². The van der Waals surface area contributed by atoms with E-state index in [1.54, 1.807) is 36.4 Å². The number of nitrogens with zero attached hydrogens (tertiary/aromatic N) is 1. The second-order valence-electron chi connectivity index (χ2n) is 5.78. The smallest absolute Gasteiger partial charge is 0.267 e. The molecule has 0 bridgehead atoms. The molecule has 0 atom stereocenters. The van der Waals surface area contributed by atoms with Crippen molar-refractivity contribution in [3.05, 3.63) is 76.7 Å². The van der Waals surface area contributed by atoms with Crippen molar-refractivity contribution < 1.29 is 19.0 Å². The van der Waals surface area contributed by atoms with Gasteiger partial charge in [0.05, 0.1) is 5.69 Å². The average Bonchev–Trinajstić information content (AvgIpc) is 2.64. The highest BCUT2D eigenvalue weighted by Crippen LogP contribution is 2.28. The van der Waals surface area contributed by atoms with E-state index < -0.39 is 11.7 Å². The van der Waals surface area contributed by atoms with Gasteiger partial charge in [-0.15, -0.1) is 0 Å². The Kier molecular flexibility index (Phi) is 5.69. The Morgan fingerprint density at radius 3 is 2.52 bits per heavy atom. The lowest BCUT2D eigenvalue weighted by Crippen LogP contribution is -2.14. The third-order valence-corrected chi connectivity index (χ3v) is 4.04. The van der Waals surface area contributed by atoms with Crippen LogP contribution in [0, 0.1) is 5.82 Å². The number of halogens is 2. The summed E-state index contributed by atoms with van der Waals surface area (Å²) in [5, 5.41) is 9.42. The third kappa shape index (κ3) is 4.61. The molecule has 27 heavy (non-hydrogen) atoms. The Balaban J connectivity index is 1.87. The van der Waals surface area contributed by atoms with Crippen molar-refractivity contribution in [3.8, 4) is 22.8 Å². The summed E-state index contributed by atoms with van der Waals surface area (Å²) in [4.78, 5) is 15.7. The molecule has 3 rings (SSSR count). The molecule has 7 heteroatoms. The van der Waals surface area contributed by atoms with Crippen LogP contribution in [-0.4, -0.2) is 22.6 Å². The number of nitrogens with two attached hydrogens (primary N) is 1. The summed E-state index contributed by atoms with van der Waals surface area (Å²) in [6.45, 7) is -0.0545. The van der Waals surface area contributed by atoms with E-state index in [4.69, 9.17) is 27.2 Å². The van der Waals surface area contributed by atoms with E-state index in [0.717, 1.165) is 11.1 Å². The number of benzene rings is 2. The van der Waals surface area contributed by atoms with E-state index in [9.17, 15) is 9.18 Å². The van der Waals surface area contributed by atoms with Gasteiger partial charge in [0.25, 0.3) is 5.91 Å². The van der Waals surface area contributed by atoms with Crippen LogP contribution >= 0.6 is 11.6 Å². The zero-order valence-electron chi connectivity index (χ0n) is 14.2. The zero-order valence-corrected chi connectivity index (χ0v) is 14.9. The fraction of sp³-hybridized carbons (Fsp3) is 0.100. The molecule has 1 heterocycles. The van der Waals surface area contributed by atoms with Crippen LogP contribution in [0.2, 0.25) is 5.02 Å². The number of pyridine rings is 1. The van der Waals surface area contributed by atoms with E-state index in [2.05, 4.69) is 4.98 Å². The number of hydrogen-bond donors (Lipinski definition) is 2.